The molecule has 41 heavy (non-hydrogen) atoms. The number of nitrogens with one attached hydrogen (secondary N) is 1. The Morgan fingerprint density at radius 3 is 2.49 bits per heavy atom. The van der Waals surface area contributed by atoms with E-state index in [0.717, 1.165) is 27.5 Å². The van der Waals surface area contributed by atoms with Crippen LogP contribution < -0.4 is 10.1 Å². The molecular weight excluding hydrogens is 532 g/mol. The Morgan fingerprint density at radius 2 is 1.78 bits per heavy atom. The maximum atomic E-state index is 13.0. The average molecular weight is 563 g/mol. The maximum Gasteiger partial charge on any atom is 0.373 e. The monoisotopic (exact) mass is 562 g/mol. The highest BCUT2D eigenvalue weighted by atomic mass is 16.5. The van der Waals surface area contributed by atoms with Gasteiger partial charge in [0.15, 0.2) is 6.61 Å². The number of esters is 1. The van der Waals surface area contributed by atoms with E-state index >= 15 is 0 Å². The second-order valence-corrected chi connectivity index (χ2v) is 9.57. The standard InChI is InChI=1S/C29H30N4O8/c1-18-14-20(15-24-27(35)32(29(37)30-24)16-23-8-9-25(41-23)28(36)38-3)19(2)33(18)21-4-6-22(7-5-21)40-17-26(34)31-10-12-39-13-11-31/h4-9,14-15H,10-13,16-17H2,1-3H3,(H,30,37)/b24-15-. The molecule has 2 aromatic heterocycles. The van der Waals surface area contributed by atoms with Crippen LogP contribution in [0.1, 0.15) is 33.3 Å². The third kappa shape index (κ3) is 5.87. The summed E-state index contributed by atoms with van der Waals surface area (Å²) in [5, 5.41) is 2.61. The molecule has 0 atom stereocenters. The summed E-state index contributed by atoms with van der Waals surface area (Å²) >= 11 is 0. The first-order valence-corrected chi connectivity index (χ1v) is 13.0. The lowest BCUT2D eigenvalue weighted by Gasteiger charge is -2.26. The summed E-state index contributed by atoms with van der Waals surface area (Å²) in [6.07, 6.45) is 1.63. The van der Waals surface area contributed by atoms with Gasteiger partial charge in [-0.2, -0.15) is 0 Å². The second kappa shape index (κ2) is 11.7. The van der Waals surface area contributed by atoms with E-state index in [-0.39, 0.29) is 36.3 Å². The summed E-state index contributed by atoms with van der Waals surface area (Å²) < 4.78 is 23.0. The summed E-state index contributed by atoms with van der Waals surface area (Å²) in [5.41, 5.74) is 3.55. The molecule has 2 aliphatic heterocycles. The molecule has 0 aliphatic carbocycles. The Bertz CT molecular complexity index is 1510. The zero-order chi connectivity index (χ0) is 29.1. The Hall–Kier alpha value is -4.84. The molecule has 12 heteroatoms. The number of aryl methyl sites for hydroxylation is 1. The van der Waals surface area contributed by atoms with Gasteiger partial charge in [-0.1, -0.05) is 0 Å². The van der Waals surface area contributed by atoms with Gasteiger partial charge in [-0.05, 0) is 68.0 Å². The average Bonchev–Trinajstić information content (AvgIpc) is 3.64. The molecule has 2 aliphatic rings. The van der Waals surface area contributed by atoms with Gasteiger partial charge >= 0.3 is 12.0 Å². The van der Waals surface area contributed by atoms with Gasteiger partial charge in [-0.15, -0.1) is 0 Å². The van der Waals surface area contributed by atoms with Crippen molar-refractivity contribution < 1.29 is 37.8 Å². The summed E-state index contributed by atoms with van der Waals surface area (Å²) in [5.74, 6) is -0.399. The molecule has 0 spiro atoms. The minimum absolute atomic E-state index is 0.0150. The molecule has 1 aromatic carbocycles. The van der Waals surface area contributed by atoms with Crippen LogP contribution in [0.3, 0.4) is 0 Å². The molecule has 1 N–H and O–H groups in total. The van der Waals surface area contributed by atoms with E-state index < -0.39 is 17.9 Å². The van der Waals surface area contributed by atoms with E-state index in [1.807, 2.05) is 36.6 Å². The zero-order valence-electron chi connectivity index (χ0n) is 23.0. The minimum atomic E-state index is -0.648. The first kappa shape index (κ1) is 27.7. The summed E-state index contributed by atoms with van der Waals surface area (Å²) in [4.78, 5) is 52.3. The lowest BCUT2D eigenvalue weighted by molar-refractivity contribution is -0.137. The van der Waals surface area contributed by atoms with Crippen LogP contribution in [0.4, 0.5) is 4.79 Å². The van der Waals surface area contributed by atoms with E-state index in [9.17, 15) is 19.2 Å². The zero-order valence-corrected chi connectivity index (χ0v) is 23.0. The summed E-state index contributed by atoms with van der Waals surface area (Å²) in [7, 11) is 1.23. The van der Waals surface area contributed by atoms with Crippen molar-refractivity contribution in [2.24, 2.45) is 0 Å². The van der Waals surface area contributed by atoms with Crippen LogP contribution >= 0.6 is 0 Å². The van der Waals surface area contributed by atoms with Crippen LogP contribution in [0, 0.1) is 13.8 Å². The van der Waals surface area contributed by atoms with Crippen molar-refractivity contribution in [2.45, 2.75) is 20.4 Å². The fraction of sp³-hybridized carbons (Fsp3) is 0.310. The number of furan rings is 1. The number of methoxy groups -OCH3 is 1. The predicted molar refractivity (Wildman–Crippen MR) is 145 cm³/mol. The third-order valence-electron chi connectivity index (χ3n) is 6.92. The Kier molecular flexibility index (Phi) is 7.92. The van der Waals surface area contributed by atoms with Gasteiger partial charge in [-0.3, -0.25) is 14.5 Å². The van der Waals surface area contributed by atoms with Crippen LogP contribution in [0.25, 0.3) is 11.8 Å². The van der Waals surface area contributed by atoms with Crippen molar-refractivity contribution in [1.82, 2.24) is 19.7 Å². The van der Waals surface area contributed by atoms with Crippen molar-refractivity contribution in [3.63, 3.8) is 0 Å². The van der Waals surface area contributed by atoms with Crippen molar-refractivity contribution in [3.8, 4) is 11.4 Å². The van der Waals surface area contributed by atoms with Gasteiger partial charge in [0.05, 0.1) is 26.9 Å². The maximum absolute atomic E-state index is 13.0. The first-order valence-electron chi connectivity index (χ1n) is 13.0. The van der Waals surface area contributed by atoms with Gasteiger partial charge in [0.2, 0.25) is 5.76 Å². The Labute approximate surface area is 236 Å². The fourth-order valence-corrected chi connectivity index (χ4v) is 4.77. The quantitative estimate of drug-likeness (QED) is 0.252. The van der Waals surface area contributed by atoms with E-state index in [4.69, 9.17) is 13.9 Å². The number of hydrogen-bond donors (Lipinski definition) is 1. The molecule has 5 rings (SSSR count). The van der Waals surface area contributed by atoms with Crippen molar-refractivity contribution in [1.29, 1.82) is 0 Å². The van der Waals surface area contributed by atoms with Crippen LogP contribution in [0.2, 0.25) is 0 Å². The fourth-order valence-electron chi connectivity index (χ4n) is 4.77. The van der Waals surface area contributed by atoms with Crippen molar-refractivity contribution >= 4 is 29.9 Å². The van der Waals surface area contributed by atoms with Crippen LogP contribution in [0.15, 0.2) is 52.6 Å². The van der Waals surface area contributed by atoms with E-state index in [0.29, 0.717) is 32.1 Å². The number of amides is 4. The minimum Gasteiger partial charge on any atom is -0.484 e. The molecule has 4 amide bonds. The topological polar surface area (TPSA) is 133 Å². The van der Waals surface area contributed by atoms with Crippen LogP contribution in [-0.2, 0) is 25.6 Å². The number of carbonyl (C=O) groups is 4. The molecule has 214 valence electrons. The number of benzene rings is 1. The van der Waals surface area contributed by atoms with Gasteiger partial charge < -0.3 is 33.4 Å². The third-order valence-corrected chi connectivity index (χ3v) is 6.92. The number of aromatic nitrogens is 1. The Morgan fingerprint density at radius 1 is 1.05 bits per heavy atom. The number of hydrogen-bond acceptors (Lipinski definition) is 8. The number of ether oxygens (including phenoxy) is 3. The summed E-state index contributed by atoms with van der Waals surface area (Å²) in [6.45, 7) is 5.90. The SMILES string of the molecule is COC(=O)c1ccc(CN2C(=O)N/C(=C\c3cc(C)n(-c4ccc(OCC(=O)N5CCOCC5)cc4)c3C)C2=O)o1. The lowest BCUT2D eigenvalue weighted by atomic mass is 10.2. The van der Waals surface area contributed by atoms with Gasteiger partial charge in [-0.25, -0.2) is 9.59 Å². The largest absolute Gasteiger partial charge is 0.484 e. The van der Waals surface area contributed by atoms with Crippen molar-refractivity contribution in [3.05, 3.63) is 76.6 Å². The predicted octanol–water partition coefficient (Wildman–Crippen LogP) is 2.80. The van der Waals surface area contributed by atoms with E-state index in [2.05, 4.69) is 10.1 Å². The second-order valence-electron chi connectivity index (χ2n) is 9.57. The number of nitrogens with zero attached hydrogens (tertiary/aromatic N) is 3. The van der Waals surface area contributed by atoms with Crippen LogP contribution in [-0.4, -0.2) is 78.2 Å². The van der Waals surface area contributed by atoms with Gasteiger partial charge in [0.1, 0.15) is 17.2 Å². The van der Waals surface area contributed by atoms with Gasteiger partial charge in [0.25, 0.3) is 11.8 Å². The molecule has 0 radical (unpaired) electrons. The van der Waals surface area contributed by atoms with E-state index in [1.54, 1.807) is 23.1 Å². The van der Waals surface area contributed by atoms with Gasteiger partial charge in [0, 0.05) is 30.2 Å². The number of rotatable bonds is 8. The molecule has 2 saturated heterocycles. The lowest BCUT2D eigenvalue weighted by Crippen LogP contribution is -2.42. The smallest absolute Gasteiger partial charge is 0.373 e. The molecule has 3 aromatic rings. The van der Waals surface area contributed by atoms with Crippen molar-refractivity contribution in [2.75, 3.05) is 40.0 Å². The first-order chi connectivity index (χ1) is 19.7. The molecule has 4 heterocycles. The number of carbonyl (C=O) groups excluding carboxylic acids is 4. The molecule has 0 saturated carbocycles. The molecule has 0 unspecified atom stereocenters. The molecule has 2 fully saturated rings. The number of imide groups is 1. The highest BCUT2D eigenvalue weighted by Crippen LogP contribution is 2.26. The highest BCUT2D eigenvalue weighted by molar-refractivity contribution is 6.14. The normalized spacial score (nSPS) is 16.3. The summed E-state index contributed by atoms with van der Waals surface area (Å²) in [6, 6.07) is 11.7. The van der Waals surface area contributed by atoms with E-state index in [1.165, 1.54) is 19.2 Å². The van der Waals surface area contributed by atoms with Crippen LogP contribution in [0.5, 0.6) is 5.75 Å². The number of urea groups is 1. The Balaban J connectivity index is 1.26. The highest BCUT2D eigenvalue weighted by Gasteiger charge is 2.34. The molecule has 12 nitrogen and oxygen atoms in total. The number of morpholine rings is 1. The molecule has 0 bridgehead atoms. The molecular formula is C29H30N4O8.